The quantitative estimate of drug-likeness (QED) is 0.561. The number of rotatable bonds is 8. The third-order valence-corrected chi connectivity index (χ3v) is 5.61. The Kier molecular flexibility index (Phi) is 6.00. The number of ether oxygens (including phenoxy) is 1. The molecule has 0 aromatic carbocycles. The van der Waals surface area contributed by atoms with Crippen LogP contribution in [0, 0.1) is 17.8 Å². The summed E-state index contributed by atoms with van der Waals surface area (Å²) in [5, 5.41) is 19.3. The molecule has 156 valence electrons. The zero-order valence-corrected chi connectivity index (χ0v) is 16.5. The van der Waals surface area contributed by atoms with Crippen LogP contribution >= 0.6 is 0 Å². The van der Waals surface area contributed by atoms with Gasteiger partial charge in [0.15, 0.2) is 5.82 Å². The maximum Gasteiger partial charge on any atom is 0.323 e. The van der Waals surface area contributed by atoms with E-state index in [-0.39, 0.29) is 24.2 Å². The second-order valence-electron chi connectivity index (χ2n) is 7.85. The molecule has 9 heteroatoms. The van der Waals surface area contributed by atoms with Gasteiger partial charge in [-0.1, -0.05) is 11.6 Å². The van der Waals surface area contributed by atoms with Gasteiger partial charge in [-0.15, -0.1) is 10.2 Å². The Balaban J connectivity index is 1.59. The fourth-order valence-electron chi connectivity index (χ4n) is 4.05. The number of hydrogen-bond donors (Lipinski definition) is 3. The Labute approximate surface area is 170 Å². The van der Waals surface area contributed by atoms with Gasteiger partial charge in [0, 0.05) is 29.1 Å². The summed E-state index contributed by atoms with van der Waals surface area (Å²) in [7, 11) is 0. The van der Waals surface area contributed by atoms with Crippen LogP contribution in [0.4, 0.5) is 0 Å². The molecule has 28 heavy (non-hydrogen) atoms. The lowest BCUT2D eigenvalue weighted by Crippen LogP contribution is -2.50. The maximum atomic E-state index is 12.8. The van der Waals surface area contributed by atoms with Crippen LogP contribution in [0.3, 0.4) is 0 Å². The van der Waals surface area contributed by atoms with Crippen molar-refractivity contribution in [3.8, 4) is 0 Å². The van der Waals surface area contributed by atoms with Crippen LogP contribution in [0.5, 0.6) is 0 Å². The van der Waals surface area contributed by atoms with Crippen molar-refractivity contribution in [2.45, 2.75) is 70.9 Å². The third kappa shape index (κ3) is 5.98. The van der Waals surface area contributed by atoms with Gasteiger partial charge in [-0.25, -0.2) is 0 Å². The van der Waals surface area contributed by atoms with Crippen molar-refractivity contribution in [3.05, 3.63) is 5.82 Å². The van der Waals surface area contributed by atoms with Crippen molar-refractivity contribution >= 4 is 11.9 Å². The monoisotopic (exact) mass is 395 g/mol. The number of nitrogens with one attached hydrogen (secondary N) is 3. The number of aromatic amines is 1. The van der Waals surface area contributed by atoms with E-state index in [1.807, 2.05) is 0 Å². The van der Waals surface area contributed by atoms with Crippen molar-refractivity contribution in [2.75, 3.05) is 13.0 Å². The summed E-state index contributed by atoms with van der Waals surface area (Å²) in [5.74, 6) is -0.216. The first-order valence-corrected chi connectivity index (χ1v) is 10.1. The van der Waals surface area contributed by atoms with E-state index in [2.05, 4.69) is 31.3 Å². The van der Waals surface area contributed by atoms with Crippen LogP contribution in [0.2, 0.25) is 0 Å². The molecule has 1 aromatic rings. The Morgan fingerprint density at radius 3 is 3.00 bits per heavy atom. The molecule has 2 fully saturated rings. The molecule has 1 aromatic heterocycles. The Morgan fingerprint density at radius 2 is 2.25 bits per heavy atom. The molecule has 0 unspecified atom stereocenters. The van der Waals surface area contributed by atoms with Crippen molar-refractivity contribution in [1.29, 1.82) is 0 Å². The van der Waals surface area contributed by atoms with Crippen molar-refractivity contribution in [1.82, 2.24) is 31.3 Å². The minimum Gasteiger partial charge on any atom is -0.461 e. The number of esters is 1. The molecular weight excluding hydrogens is 360 g/mol. The first-order chi connectivity index (χ1) is 14.6. The second kappa shape index (κ2) is 9.95. The number of piperidine rings is 1. The molecule has 9 nitrogen and oxygen atoms in total. The minimum absolute atomic E-state index is 0.0833. The summed E-state index contributed by atoms with van der Waals surface area (Å²) < 4.78 is 31.1. The van der Waals surface area contributed by atoms with E-state index >= 15 is 0 Å². The highest BCUT2D eigenvalue weighted by atomic mass is 16.5. The van der Waals surface area contributed by atoms with Crippen LogP contribution in [-0.4, -0.2) is 57.7 Å². The van der Waals surface area contributed by atoms with Crippen LogP contribution in [-0.2, 0) is 20.7 Å². The molecule has 1 aliphatic carbocycles. The fraction of sp³-hybridized carbons (Fsp3) is 0.842. The molecule has 5 atom stereocenters. The highest BCUT2D eigenvalue weighted by Crippen LogP contribution is 2.40. The SMILES string of the molecule is [2H]C1([2H])N[C@]([2H])(C(=O)O[C@H](C)CCNC(C)=O)C[C@H]2C[C@@H](CCc3nn[nH]n3)CC[C@H]21. The molecule has 0 bridgehead atoms. The average Bonchev–Trinajstić information content (AvgIpc) is 3.18. The number of carbonyl (C=O) groups excluding carboxylic acids is 2. The van der Waals surface area contributed by atoms with Crippen LogP contribution in [0.15, 0.2) is 0 Å². The van der Waals surface area contributed by atoms with Gasteiger partial charge in [0.2, 0.25) is 5.91 Å². The van der Waals surface area contributed by atoms with Gasteiger partial charge in [0.05, 0.1) is 1.37 Å². The van der Waals surface area contributed by atoms with E-state index in [1.165, 1.54) is 6.92 Å². The first-order valence-electron chi connectivity index (χ1n) is 11.6. The van der Waals surface area contributed by atoms with E-state index in [9.17, 15) is 9.59 Å². The standard InChI is InChI=1S/C19H32N6O3/c1-12(7-8-20-13(2)26)28-19(27)17-10-16-9-14(3-5-15(16)11-21-17)4-6-18-22-24-25-23-18/h12,14-17,21H,3-11H2,1-2H3,(H,20,26)(H,22,23,24,25)/t12-,14-,15+,16-,17+/m1/s1/i11D2,17D. The predicted octanol–water partition coefficient (Wildman–Crippen LogP) is 0.985. The second-order valence-corrected chi connectivity index (χ2v) is 7.85. The van der Waals surface area contributed by atoms with Crippen LogP contribution in [0.1, 0.15) is 62.3 Å². The van der Waals surface area contributed by atoms with Gasteiger partial charge >= 0.3 is 5.97 Å². The zero-order chi connectivity index (χ0) is 22.6. The van der Waals surface area contributed by atoms with Gasteiger partial charge in [0.25, 0.3) is 0 Å². The molecule has 3 rings (SSSR count). The molecule has 0 radical (unpaired) electrons. The highest BCUT2D eigenvalue weighted by molar-refractivity contribution is 5.76. The van der Waals surface area contributed by atoms with Crippen molar-refractivity contribution in [3.63, 3.8) is 0 Å². The molecule has 2 heterocycles. The Morgan fingerprint density at radius 1 is 1.39 bits per heavy atom. The van der Waals surface area contributed by atoms with Gasteiger partial charge in [-0.3, -0.25) is 9.59 Å². The van der Waals surface area contributed by atoms with Crippen molar-refractivity contribution in [2.24, 2.45) is 17.8 Å². The van der Waals surface area contributed by atoms with Crippen LogP contribution < -0.4 is 10.6 Å². The van der Waals surface area contributed by atoms with Crippen molar-refractivity contribution < 1.29 is 18.4 Å². The first kappa shape index (κ1) is 16.9. The zero-order valence-electron chi connectivity index (χ0n) is 19.5. The summed E-state index contributed by atoms with van der Waals surface area (Å²) in [6.07, 6.45) is 4.09. The molecule has 0 spiro atoms. The minimum atomic E-state index is -1.83. The van der Waals surface area contributed by atoms with E-state index < -0.39 is 24.6 Å². The predicted molar refractivity (Wildman–Crippen MR) is 102 cm³/mol. The lowest BCUT2D eigenvalue weighted by molar-refractivity contribution is -0.152. The van der Waals surface area contributed by atoms with E-state index in [0.717, 1.165) is 19.3 Å². The number of aromatic nitrogens is 4. The summed E-state index contributed by atoms with van der Waals surface area (Å²) in [5.41, 5.74) is 0. The fourth-order valence-corrected chi connectivity index (χ4v) is 4.05. The lowest BCUT2D eigenvalue weighted by atomic mass is 9.69. The lowest BCUT2D eigenvalue weighted by Gasteiger charge is -2.42. The highest BCUT2D eigenvalue weighted by Gasteiger charge is 2.38. The van der Waals surface area contributed by atoms with E-state index in [1.54, 1.807) is 6.92 Å². The van der Waals surface area contributed by atoms with Gasteiger partial charge in [-0.05, 0) is 56.9 Å². The largest absolute Gasteiger partial charge is 0.461 e. The van der Waals surface area contributed by atoms with Gasteiger partial charge < -0.3 is 15.4 Å². The number of nitrogens with zero attached hydrogens (tertiary/aromatic N) is 3. The average molecular weight is 396 g/mol. The number of aryl methyl sites for hydroxylation is 1. The maximum absolute atomic E-state index is 12.8. The number of H-pyrrole nitrogens is 1. The van der Waals surface area contributed by atoms with E-state index in [4.69, 9.17) is 8.85 Å². The topological polar surface area (TPSA) is 122 Å². The number of amides is 1. The summed E-state index contributed by atoms with van der Waals surface area (Å²) >= 11 is 0. The number of fused-ring (bicyclic) bond motifs is 1. The molecule has 2 aliphatic rings. The molecule has 1 amide bonds. The van der Waals surface area contributed by atoms with E-state index in [0.29, 0.717) is 37.5 Å². The van der Waals surface area contributed by atoms with Gasteiger partial charge in [-0.2, -0.15) is 5.21 Å². The third-order valence-electron chi connectivity index (χ3n) is 5.61. The number of tetrazole rings is 1. The normalized spacial score (nSPS) is 34.2. The van der Waals surface area contributed by atoms with Crippen LogP contribution in [0.25, 0.3) is 0 Å². The smallest absolute Gasteiger partial charge is 0.323 e. The summed E-state index contributed by atoms with van der Waals surface area (Å²) in [6, 6.07) is -1.83. The molecule has 1 saturated carbocycles. The Hall–Kier alpha value is -2.03. The molecule has 3 N–H and O–H groups in total. The Bertz CT molecular complexity index is 765. The van der Waals surface area contributed by atoms with Gasteiger partial charge in [0.1, 0.15) is 12.1 Å². The molecular formula is C19H32N6O3. The number of carbonyl (C=O) groups is 2. The molecule has 1 saturated heterocycles. The summed E-state index contributed by atoms with van der Waals surface area (Å²) in [6.45, 7) is 1.68. The number of hydrogen-bond acceptors (Lipinski definition) is 7. The molecule has 1 aliphatic heterocycles. The summed E-state index contributed by atoms with van der Waals surface area (Å²) in [4.78, 5) is 23.8.